The predicted octanol–water partition coefficient (Wildman–Crippen LogP) is 1.89. The molecule has 0 aromatic carbocycles. The second-order valence-electron chi connectivity index (χ2n) is 3.50. The quantitative estimate of drug-likeness (QED) is 0.247. The fourth-order valence-corrected chi connectivity index (χ4v) is 1.27. The fraction of sp³-hybridized carbons (Fsp3) is 1.00. The average molecular weight is 319 g/mol. The van der Waals surface area contributed by atoms with Crippen molar-refractivity contribution in [2.75, 3.05) is 71.4 Å². The first-order valence-electron chi connectivity index (χ1n) is 6.42. The van der Waals surface area contributed by atoms with Crippen molar-refractivity contribution in [1.29, 1.82) is 0 Å². The second-order valence-corrected chi connectivity index (χ2v) is 4.26. The molecule has 0 heterocycles. The van der Waals surface area contributed by atoms with Crippen LogP contribution in [-0.4, -0.2) is 71.4 Å². The molecular weight excluding hydrogens is 295 g/mol. The summed E-state index contributed by atoms with van der Waals surface area (Å²) in [6.07, 6.45) is 0.865. The molecule has 0 aliphatic carbocycles. The van der Waals surface area contributed by atoms with Crippen LogP contribution >= 0.6 is 23.2 Å². The van der Waals surface area contributed by atoms with E-state index in [0.717, 1.165) is 6.42 Å². The molecule has 0 bridgehead atoms. The maximum Gasteiger partial charge on any atom is 0.146 e. The van der Waals surface area contributed by atoms with Gasteiger partial charge in [0.15, 0.2) is 0 Å². The molecule has 0 radical (unpaired) electrons. The summed E-state index contributed by atoms with van der Waals surface area (Å²) in [7, 11) is 0. The molecule has 116 valence electrons. The predicted molar refractivity (Wildman–Crippen MR) is 75.3 cm³/mol. The standard InChI is InChI=1S/C12H24Cl2O5/c13-2-1-4-15-8-10-18-12-19-11-9-17-7-6-16-5-3-14/h1-12H2. The highest BCUT2D eigenvalue weighted by Crippen LogP contribution is 1.87. The van der Waals surface area contributed by atoms with E-state index < -0.39 is 0 Å². The van der Waals surface area contributed by atoms with Crippen molar-refractivity contribution in [2.24, 2.45) is 0 Å². The van der Waals surface area contributed by atoms with Crippen LogP contribution < -0.4 is 0 Å². The maximum absolute atomic E-state index is 5.50. The van der Waals surface area contributed by atoms with Crippen LogP contribution in [0.4, 0.5) is 0 Å². The van der Waals surface area contributed by atoms with Gasteiger partial charge in [0.25, 0.3) is 0 Å². The first-order chi connectivity index (χ1) is 9.41. The minimum Gasteiger partial charge on any atom is -0.379 e. The van der Waals surface area contributed by atoms with Crippen LogP contribution in [0, 0.1) is 0 Å². The molecule has 0 rings (SSSR count). The summed E-state index contributed by atoms with van der Waals surface area (Å²) >= 11 is 10.9. The summed E-state index contributed by atoms with van der Waals surface area (Å²) < 4.78 is 26.1. The van der Waals surface area contributed by atoms with E-state index in [4.69, 9.17) is 46.9 Å². The molecule has 0 spiro atoms. The third-order valence-electron chi connectivity index (χ3n) is 1.93. The Labute approximate surface area is 125 Å². The van der Waals surface area contributed by atoms with Gasteiger partial charge >= 0.3 is 0 Å². The molecule has 7 heteroatoms. The van der Waals surface area contributed by atoms with Crippen LogP contribution in [-0.2, 0) is 23.7 Å². The Bertz CT molecular complexity index is 147. The van der Waals surface area contributed by atoms with Gasteiger partial charge in [0.2, 0.25) is 0 Å². The number of alkyl halides is 2. The minimum atomic E-state index is 0.255. The topological polar surface area (TPSA) is 46.2 Å². The largest absolute Gasteiger partial charge is 0.379 e. The van der Waals surface area contributed by atoms with Crippen LogP contribution in [0.15, 0.2) is 0 Å². The van der Waals surface area contributed by atoms with Gasteiger partial charge in [-0.25, -0.2) is 0 Å². The monoisotopic (exact) mass is 318 g/mol. The number of hydrogen-bond donors (Lipinski definition) is 0. The summed E-state index contributed by atoms with van der Waals surface area (Å²) in [6, 6.07) is 0. The number of hydrogen-bond acceptors (Lipinski definition) is 5. The zero-order valence-corrected chi connectivity index (χ0v) is 12.8. The second kappa shape index (κ2) is 18.4. The number of halogens is 2. The molecule has 0 fully saturated rings. The van der Waals surface area contributed by atoms with Crippen LogP contribution in [0.2, 0.25) is 0 Å². The molecule has 19 heavy (non-hydrogen) atoms. The lowest BCUT2D eigenvalue weighted by Gasteiger charge is -2.07. The minimum absolute atomic E-state index is 0.255. The lowest BCUT2D eigenvalue weighted by atomic mass is 10.5. The van der Waals surface area contributed by atoms with Crippen LogP contribution in [0.25, 0.3) is 0 Å². The Kier molecular flexibility index (Phi) is 18.7. The number of rotatable bonds is 16. The number of ether oxygens (including phenoxy) is 5. The van der Waals surface area contributed by atoms with E-state index in [2.05, 4.69) is 0 Å². The van der Waals surface area contributed by atoms with Crippen LogP contribution in [0.5, 0.6) is 0 Å². The average Bonchev–Trinajstić information content (AvgIpc) is 2.43. The Balaban J connectivity index is 2.88. The highest BCUT2D eigenvalue weighted by molar-refractivity contribution is 6.18. The summed E-state index contributed by atoms with van der Waals surface area (Å²) in [5.41, 5.74) is 0. The molecule has 5 nitrogen and oxygen atoms in total. The summed E-state index contributed by atoms with van der Waals surface area (Å²) in [5, 5.41) is 0. The molecule has 0 aliphatic rings. The molecule has 0 aliphatic heterocycles. The SMILES string of the molecule is ClCCCOCCOCOCCOCCOCCCl. The van der Waals surface area contributed by atoms with Crippen molar-refractivity contribution in [1.82, 2.24) is 0 Å². The van der Waals surface area contributed by atoms with Gasteiger partial charge in [0.05, 0.1) is 46.2 Å². The van der Waals surface area contributed by atoms with Crippen molar-refractivity contribution in [3.05, 3.63) is 0 Å². The zero-order valence-electron chi connectivity index (χ0n) is 11.3. The first-order valence-corrected chi connectivity index (χ1v) is 7.49. The van der Waals surface area contributed by atoms with E-state index in [1.807, 2.05) is 0 Å². The molecule has 0 aromatic rings. The van der Waals surface area contributed by atoms with E-state index in [1.165, 1.54) is 0 Å². The normalized spacial score (nSPS) is 11.1. The smallest absolute Gasteiger partial charge is 0.146 e. The highest BCUT2D eigenvalue weighted by atomic mass is 35.5. The molecule has 0 amide bonds. The zero-order chi connectivity index (χ0) is 14.0. The van der Waals surface area contributed by atoms with Gasteiger partial charge in [-0.1, -0.05) is 0 Å². The molecule has 0 saturated carbocycles. The van der Waals surface area contributed by atoms with Gasteiger partial charge in [0, 0.05) is 18.4 Å². The van der Waals surface area contributed by atoms with Gasteiger partial charge in [-0.3, -0.25) is 0 Å². The van der Waals surface area contributed by atoms with E-state index >= 15 is 0 Å². The third kappa shape index (κ3) is 18.4. The lowest BCUT2D eigenvalue weighted by Crippen LogP contribution is -2.12. The third-order valence-corrected chi connectivity index (χ3v) is 2.35. The molecule has 0 unspecified atom stereocenters. The van der Waals surface area contributed by atoms with Gasteiger partial charge in [-0.2, -0.15) is 0 Å². The van der Waals surface area contributed by atoms with E-state index in [1.54, 1.807) is 0 Å². The van der Waals surface area contributed by atoms with E-state index in [-0.39, 0.29) is 6.79 Å². The highest BCUT2D eigenvalue weighted by Gasteiger charge is 1.92. The summed E-state index contributed by atoms with van der Waals surface area (Å²) in [5.74, 6) is 1.14. The summed E-state index contributed by atoms with van der Waals surface area (Å²) in [4.78, 5) is 0. The van der Waals surface area contributed by atoms with Crippen molar-refractivity contribution in [2.45, 2.75) is 6.42 Å². The van der Waals surface area contributed by atoms with Crippen molar-refractivity contribution >= 4 is 23.2 Å². The summed E-state index contributed by atoms with van der Waals surface area (Å²) in [6.45, 7) is 4.71. The first kappa shape index (κ1) is 19.4. The van der Waals surface area contributed by atoms with Gasteiger partial charge in [-0.15, -0.1) is 23.2 Å². The van der Waals surface area contributed by atoms with E-state index in [0.29, 0.717) is 64.6 Å². The molecule has 0 saturated heterocycles. The molecule has 0 aromatic heterocycles. The van der Waals surface area contributed by atoms with Crippen LogP contribution in [0.3, 0.4) is 0 Å². The lowest BCUT2D eigenvalue weighted by molar-refractivity contribution is -0.0833. The Hall–Kier alpha value is 0.380. The van der Waals surface area contributed by atoms with Gasteiger partial charge in [-0.05, 0) is 6.42 Å². The van der Waals surface area contributed by atoms with Gasteiger partial charge < -0.3 is 23.7 Å². The van der Waals surface area contributed by atoms with Crippen molar-refractivity contribution in [3.63, 3.8) is 0 Å². The van der Waals surface area contributed by atoms with Crippen LogP contribution in [0.1, 0.15) is 6.42 Å². The maximum atomic E-state index is 5.50. The Morgan fingerprint density at radius 2 is 0.947 bits per heavy atom. The van der Waals surface area contributed by atoms with Gasteiger partial charge in [0.1, 0.15) is 6.79 Å². The molecule has 0 atom stereocenters. The van der Waals surface area contributed by atoms with E-state index in [9.17, 15) is 0 Å². The fourth-order valence-electron chi connectivity index (χ4n) is 1.05. The molecule has 0 N–H and O–H groups in total. The Morgan fingerprint density at radius 1 is 0.474 bits per heavy atom. The molecular formula is C12H24Cl2O5. The van der Waals surface area contributed by atoms with Crippen molar-refractivity contribution in [3.8, 4) is 0 Å². The van der Waals surface area contributed by atoms with Crippen molar-refractivity contribution < 1.29 is 23.7 Å². The Morgan fingerprint density at radius 3 is 1.47 bits per heavy atom.